The molecule has 128 valence electrons. The second kappa shape index (κ2) is 7.05. The van der Waals surface area contributed by atoms with Crippen molar-refractivity contribution in [1.29, 1.82) is 0 Å². The van der Waals surface area contributed by atoms with Crippen LogP contribution in [0.25, 0.3) is 0 Å². The molecule has 3 rings (SSSR count). The van der Waals surface area contributed by atoms with E-state index in [1.165, 1.54) is 0 Å². The number of carbonyl (C=O) groups is 1. The molecular weight excluding hydrogens is 324 g/mol. The lowest BCUT2D eigenvalue weighted by molar-refractivity contribution is -0.135. The Hall–Kier alpha value is -0.330. The quantitative estimate of drug-likeness (QED) is 0.818. The minimum absolute atomic E-state index is 0. The Morgan fingerprint density at radius 3 is 2.50 bits per heavy atom. The average Bonchev–Trinajstić information content (AvgIpc) is 2.84. The van der Waals surface area contributed by atoms with Crippen molar-refractivity contribution in [2.45, 2.75) is 68.7 Å². The number of sulfone groups is 1. The molecule has 0 spiro atoms. The van der Waals surface area contributed by atoms with Gasteiger partial charge in [0.1, 0.15) is 0 Å². The summed E-state index contributed by atoms with van der Waals surface area (Å²) >= 11 is 0. The highest BCUT2D eigenvalue weighted by Crippen LogP contribution is 2.34. The van der Waals surface area contributed by atoms with E-state index in [-0.39, 0.29) is 47.3 Å². The zero-order valence-electron chi connectivity index (χ0n) is 12.9. The van der Waals surface area contributed by atoms with Crippen LogP contribution in [0.1, 0.15) is 51.4 Å². The number of rotatable bonds is 2. The van der Waals surface area contributed by atoms with Gasteiger partial charge in [0.2, 0.25) is 5.91 Å². The van der Waals surface area contributed by atoms with E-state index in [9.17, 15) is 13.2 Å². The van der Waals surface area contributed by atoms with Crippen molar-refractivity contribution in [3.05, 3.63) is 0 Å². The summed E-state index contributed by atoms with van der Waals surface area (Å²) in [6, 6.07) is 0.0623. The van der Waals surface area contributed by atoms with E-state index in [1.54, 1.807) is 0 Å². The highest BCUT2D eigenvalue weighted by molar-refractivity contribution is 7.92. The number of carbonyl (C=O) groups excluding carboxylic acids is 1. The Labute approximate surface area is 139 Å². The predicted octanol–water partition coefficient (Wildman–Crippen LogP) is 1.49. The average molecular weight is 351 g/mol. The van der Waals surface area contributed by atoms with E-state index in [4.69, 9.17) is 5.73 Å². The molecule has 1 amide bonds. The van der Waals surface area contributed by atoms with Crippen molar-refractivity contribution >= 4 is 28.2 Å². The summed E-state index contributed by atoms with van der Waals surface area (Å²) in [7, 11) is -3.01. The van der Waals surface area contributed by atoms with E-state index >= 15 is 0 Å². The molecule has 0 radical (unpaired) electrons. The van der Waals surface area contributed by atoms with Crippen LogP contribution in [0.5, 0.6) is 0 Å². The summed E-state index contributed by atoms with van der Waals surface area (Å²) in [6.07, 6.45) is 7.22. The minimum atomic E-state index is -3.01. The van der Waals surface area contributed by atoms with Gasteiger partial charge in [-0.1, -0.05) is 19.3 Å². The fraction of sp³-hybridized carbons (Fsp3) is 0.933. The molecule has 2 N–H and O–H groups in total. The number of fused-ring (bicyclic) bond motifs is 1. The summed E-state index contributed by atoms with van der Waals surface area (Å²) in [5, 5.41) is -0.318. The fourth-order valence-corrected chi connectivity index (χ4v) is 6.41. The highest BCUT2D eigenvalue weighted by Gasteiger charge is 2.44. The van der Waals surface area contributed by atoms with Crippen molar-refractivity contribution in [1.82, 2.24) is 4.90 Å². The van der Waals surface area contributed by atoms with Gasteiger partial charge in [-0.2, -0.15) is 0 Å². The molecule has 2 saturated carbocycles. The fourth-order valence-electron chi connectivity index (χ4n) is 4.37. The Balaban J connectivity index is 0.00000176. The second-order valence-corrected chi connectivity index (χ2v) is 9.24. The number of hydrogen-bond donors (Lipinski definition) is 1. The molecule has 1 heterocycles. The molecule has 7 heteroatoms. The largest absolute Gasteiger partial charge is 0.337 e. The van der Waals surface area contributed by atoms with E-state index < -0.39 is 9.84 Å². The number of nitrogens with zero attached hydrogens (tertiary/aromatic N) is 1. The summed E-state index contributed by atoms with van der Waals surface area (Å²) in [6.45, 7) is 0.379. The molecule has 0 aromatic heterocycles. The van der Waals surface area contributed by atoms with Gasteiger partial charge in [0.25, 0.3) is 0 Å². The molecule has 3 fully saturated rings. The third kappa shape index (κ3) is 3.44. The van der Waals surface area contributed by atoms with E-state index in [0.29, 0.717) is 13.0 Å². The first kappa shape index (κ1) is 18.0. The lowest BCUT2D eigenvalue weighted by atomic mass is 9.92. The number of halogens is 1. The normalized spacial score (nSPS) is 37.2. The van der Waals surface area contributed by atoms with Crippen LogP contribution in [0.2, 0.25) is 0 Å². The third-order valence-electron chi connectivity index (χ3n) is 5.62. The van der Waals surface area contributed by atoms with Crippen LogP contribution >= 0.6 is 12.4 Å². The van der Waals surface area contributed by atoms with Gasteiger partial charge in [-0.05, 0) is 31.6 Å². The predicted molar refractivity (Wildman–Crippen MR) is 88.7 cm³/mol. The number of nitrogens with two attached hydrogens (primary N) is 1. The van der Waals surface area contributed by atoms with Gasteiger partial charge in [0, 0.05) is 25.0 Å². The summed E-state index contributed by atoms with van der Waals surface area (Å²) in [5.74, 6) is 0.554. The van der Waals surface area contributed by atoms with Crippen LogP contribution in [0.15, 0.2) is 0 Å². The molecule has 2 unspecified atom stereocenters. The van der Waals surface area contributed by atoms with Gasteiger partial charge in [0.05, 0.1) is 11.0 Å². The number of hydrogen-bond acceptors (Lipinski definition) is 4. The third-order valence-corrected chi connectivity index (χ3v) is 7.85. The van der Waals surface area contributed by atoms with Crippen LogP contribution in [0.3, 0.4) is 0 Å². The van der Waals surface area contributed by atoms with Crippen LogP contribution < -0.4 is 5.73 Å². The van der Waals surface area contributed by atoms with Crippen molar-refractivity contribution in [2.75, 3.05) is 12.3 Å². The van der Waals surface area contributed by atoms with Gasteiger partial charge >= 0.3 is 0 Å². The zero-order valence-corrected chi connectivity index (χ0v) is 14.6. The van der Waals surface area contributed by atoms with Gasteiger partial charge < -0.3 is 10.6 Å². The minimum Gasteiger partial charge on any atom is -0.337 e. The molecule has 1 saturated heterocycles. The standard InChI is InChI=1S/C15H26N2O3S.ClH/c16-12-5-3-4-11(12)10-15(18)17-8-9-21(19,20)14-7-2-1-6-13(14)17;/h11-14H,1-10,16H2;1H/t11-,12+,13?,14?;/m0./s1. The summed E-state index contributed by atoms with van der Waals surface area (Å²) < 4.78 is 24.4. The Morgan fingerprint density at radius 2 is 1.82 bits per heavy atom. The lowest BCUT2D eigenvalue weighted by Crippen LogP contribution is -2.58. The monoisotopic (exact) mass is 350 g/mol. The first-order chi connectivity index (χ1) is 9.99. The Bertz CT molecular complexity index is 511. The maximum absolute atomic E-state index is 12.6. The van der Waals surface area contributed by atoms with Crippen LogP contribution in [0, 0.1) is 5.92 Å². The molecular formula is C15H27ClN2O3S. The van der Waals surface area contributed by atoms with Gasteiger partial charge in [-0.25, -0.2) is 8.42 Å². The zero-order chi connectivity index (χ0) is 15.0. The van der Waals surface area contributed by atoms with Crippen LogP contribution in [0.4, 0.5) is 0 Å². The first-order valence-electron chi connectivity index (χ1n) is 8.25. The van der Waals surface area contributed by atoms with Gasteiger partial charge in [-0.15, -0.1) is 12.4 Å². The molecule has 0 aromatic rings. The molecule has 3 aliphatic rings. The van der Waals surface area contributed by atoms with Gasteiger partial charge in [-0.3, -0.25) is 4.79 Å². The smallest absolute Gasteiger partial charge is 0.223 e. The maximum Gasteiger partial charge on any atom is 0.223 e. The molecule has 4 atom stereocenters. The Morgan fingerprint density at radius 1 is 1.09 bits per heavy atom. The topological polar surface area (TPSA) is 80.5 Å². The molecule has 0 bridgehead atoms. The van der Waals surface area contributed by atoms with Crippen LogP contribution in [-0.2, 0) is 14.6 Å². The first-order valence-corrected chi connectivity index (χ1v) is 9.97. The van der Waals surface area contributed by atoms with Gasteiger partial charge in [0.15, 0.2) is 9.84 Å². The maximum atomic E-state index is 12.6. The summed E-state index contributed by atoms with van der Waals surface area (Å²) in [5.41, 5.74) is 6.07. The number of amides is 1. The molecule has 5 nitrogen and oxygen atoms in total. The second-order valence-electron chi connectivity index (χ2n) is 6.90. The Kier molecular flexibility index (Phi) is 5.78. The molecule has 2 aliphatic carbocycles. The van der Waals surface area contributed by atoms with Crippen molar-refractivity contribution in [2.24, 2.45) is 11.7 Å². The molecule has 22 heavy (non-hydrogen) atoms. The lowest BCUT2D eigenvalue weighted by Gasteiger charge is -2.43. The van der Waals surface area contributed by atoms with E-state index in [1.807, 2.05) is 4.90 Å². The van der Waals surface area contributed by atoms with E-state index in [2.05, 4.69) is 0 Å². The van der Waals surface area contributed by atoms with Crippen LogP contribution in [-0.4, -0.2) is 48.9 Å². The summed E-state index contributed by atoms with van der Waals surface area (Å²) in [4.78, 5) is 14.5. The van der Waals surface area contributed by atoms with Crippen molar-refractivity contribution < 1.29 is 13.2 Å². The highest BCUT2D eigenvalue weighted by atomic mass is 35.5. The van der Waals surface area contributed by atoms with Crippen molar-refractivity contribution in [3.8, 4) is 0 Å². The SMILES string of the molecule is Cl.N[C@@H]1CCC[C@H]1CC(=O)N1CCS(=O)(=O)C2CCCCC21. The van der Waals surface area contributed by atoms with Crippen molar-refractivity contribution in [3.63, 3.8) is 0 Å². The molecule has 1 aliphatic heterocycles. The molecule has 0 aromatic carbocycles. The van der Waals surface area contributed by atoms with E-state index in [0.717, 1.165) is 44.9 Å².